The molecule has 176 valence electrons. The molecule has 5 rings (SSSR count). The van der Waals surface area contributed by atoms with E-state index in [9.17, 15) is 4.79 Å². The predicted octanol–water partition coefficient (Wildman–Crippen LogP) is 4.67. The van der Waals surface area contributed by atoms with Gasteiger partial charge in [0.15, 0.2) is 12.0 Å². The zero-order chi connectivity index (χ0) is 23.7. The average Bonchev–Trinajstić information content (AvgIpc) is 3.47. The number of fused-ring (bicyclic) bond motifs is 1. The fourth-order valence-electron chi connectivity index (χ4n) is 4.28. The Hall–Kier alpha value is -3.85. The highest BCUT2D eigenvalue weighted by atomic mass is 16.5. The van der Waals surface area contributed by atoms with Crippen LogP contribution in [0.4, 0.5) is 11.5 Å². The number of anilines is 2. The van der Waals surface area contributed by atoms with Crippen LogP contribution in [0.5, 0.6) is 5.75 Å². The van der Waals surface area contributed by atoms with E-state index in [1.165, 1.54) is 7.11 Å². The van der Waals surface area contributed by atoms with Crippen LogP contribution in [0.1, 0.15) is 35.8 Å². The Morgan fingerprint density at radius 2 is 2.03 bits per heavy atom. The Labute approximate surface area is 197 Å². The van der Waals surface area contributed by atoms with Crippen molar-refractivity contribution in [2.24, 2.45) is 7.05 Å². The van der Waals surface area contributed by atoms with E-state index in [-0.39, 0.29) is 12.2 Å². The lowest BCUT2D eigenvalue weighted by molar-refractivity contribution is -0.0365. The third-order valence-electron chi connectivity index (χ3n) is 6.05. The number of nitrogens with one attached hydrogen (secondary N) is 1. The standard InChI is InChI=1S/C25H27N5O4/c1-29-15-18(14-26-29)16-8-10-20(22(13-16)32-2)27-24-19-9-7-17(25(31)33-3)12-21(19)30(28-24)23-6-4-5-11-34-23/h7-10,12-15,23H,4-6,11H2,1-3H3,(H,27,28). The van der Waals surface area contributed by atoms with Crippen LogP contribution in [0.3, 0.4) is 0 Å². The molecule has 1 saturated heterocycles. The van der Waals surface area contributed by atoms with Crippen LogP contribution in [0.15, 0.2) is 48.8 Å². The number of nitrogens with zero attached hydrogens (tertiary/aromatic N) is 4. The first-order valence-electron chi connectivity index (χ1n) is 11.2. The van der Waals surface area contributed by atoms with Crippen LogP contribution in [-0.4, -0.2) is 46.4 Å². The highest BCUT2D eigenvalue weighted by Gasteiger charge is 2.23. The van der Waals surface area contributed by atoms with Gasteiger partial charge in [-0.15, -0.1) is 0 Å². The molecule has 1 aliphatic heterocycles. The Kier molecular flexibility index (Phi) is 5.93. The summed E-state index contributed by atoms with van der Waals surface area (Å²) in [5.74, 6) is 0.957. The fraction of sp³-hybridized carbons (Fsp3) is 0.320. The van der Waals surface area contributed by atoms with Gasteiger partial charge in [0.2, 0.25) is 0 Å². The van der Waals surface area contributed by atoms with Crippen molar-refractivity contribution in [2.45, 2.75) is 25.5 Å². The number of carbonyl (C=O) groups is 1. The van der Waals surface area contributed by atoms with Crippen LogP contribution >= 0.6 is 0 Å². The molecule has 0 saturated carbocycles. The summed E-state index contributed by atoms with van der Waals surface area (Å²) in [7, 11) is 4.91. The molecular weight excluding hydrogens is 434 g/mol. The van der Waals surface area contributed by atoms with E-state index in [1.54, 1.807) is 23.9 Å². The van der Waals surface area contributed by atoms with Crippen LogP contribution in [0.25, 0.3) is 22.0 Å². The van der Waals surface area contributed by atoms with Crippen molar-refractivity contribution in [3.05, 3.63) is 54.4 Å². The first-order valence-corrected chi connectivity index (χ1v) is 11.2. The summed E-state index contributed by atoms with van der Waals surface area (Å²) in [6.07, 6.45) is 6.56. The lowest BCUT2D eigenvalue weighted by atomic mass is 10.1. The quantitative estimate of drug-likeness (QED) is 0.417. The second kappa shape index (κ2) is 9.18. The molecule has 2 aromatic carbocycles. The van der Waals surface area contributed by atoms with Crippen LogP contribution in [0.2, 0.25) is 0 Å². The Balaban J connectivity index is 1.55. The summed E-state index contributed by atoms with van der Waals surface area (Å²) in [6.45, 7) is 0.690. The molecule has 1 N–H and O–H groups in total. The minimum atomic E-state index is -0.388. The van der Waals surface area contributed by atoms with Gasteiger partial charge in [0.25, 0.3) is 0 Å². The van der Waals surface area contributed by atoms with Crippen molar-refractivity contribution >= 4 is 28.4 Å². The van der Waals surface area contributed by atoms with E-state index in [1.807, 2.05) is 48.4 Å². The van der Waals surface area contributed by atoms with Gasteiger partial charge in [-0.3, -0.25) is 4.68 Å². The largest absolute Gasteiger partial charge is 0.495 e. The number of hydrogen-bond acceptors (Lipinski definition) is 7. The van der Waals surface area contributed by atoms with Gasteiger partial charge in [0.1, 0.15) is 5.75 Å². The average molecular weight is 462 g/mol. The molecule has 0 radical (unpaired) electrons. The normalized spacial score (nSPS) is 15.9. The van der Waals surface area contributed by atoms with Gasteiger partial charge >= 0.3 is 5.97 Å². The minimum Gasteiger partial charge on any atom is -0.495 e. The van der Waals surface area contributed by atoms with E-state index in [4.69, 9.17) is 19.3 Å². The lowest BCUT2D eigenvalue weighted by Crippen LogP contribution is -2.19. The highest BCUT2D eigenvalue weighted by Crippen LogP contribution is 2.36. The topological polar surface area (TPSA) is 92.4 Å². The van der Waals surface area contributed by atoms with E-state index in [0.29, 0.717) is 23.7 Å². The molecule has 0 spiro atoms. The first kappa shape index (κ1) is 22.0. The molecule has 1 unspecified atom stereocenters. The molecular formula is C25H27N5O4. The van der Waals surface area contributed by atoms with Crippen LogP contribution < -0.4 is 10.1 Å². The summed E-state index contributed by atoms with van der Waals surface area (Å²) >= 11 is 0. The van der Waals surface area contributed by atoms with Crippen LogP contribution in [-0.2, 0) is 16.5 Å². The van der Waals surface area contributed by atoms with E-state index < -0.39 is 0 Å². The number of methoxy groups -OCH3 is 2. The highest BCUT2D eigenvalue weighted by molar-refractivity contribution is 5.98. The summed E-state index contributed by atoms with van der Waals surface area (Å²) < 4.78 is 20.2. The molecule has 9 nitrogen and oxygen atoms in total. The Bertz CT molecular complexity index is 1340. The van der Waals surface area contributed by atoms with Crippen LogP contribution in [0, 0.1) is 0 Å². The summed E-state index contributed by atoms with van der Waals surface area (Å²) in [6, 6.07) is 11.4. The van der Waals surface area contributed by atoms with Gasteiger partial charge in [-0.05, 0) is 55.2 Å². The third-order valence-corrected chi connectivity index (χ3v) is 6.05. The summed E-state index contributed by atoms with van der Waals surface area (Å²) in [4.78, 5) is 12.2. The number of ether oxygens (including phenoxy) is 3. The van der Waals surface area contributed by atoms with Crippen molar-refractivity contribution < 1.29 is 19.0 Å². The second-order valence-electron chi connectivity index (χ2n) is 8.28. The van der Waals surface area contributed by atoms with Gasteiger partial charge in [-0.2, -0.15) is 10.2 Å². The number of rotatable bonds is 6. The molecule has 1 fully saturated rings. The van der Waals surface area contributed by atoms with Gasteiger partial charge in [-0.25, -0.2) is 9.48 Å². The summed E-state index contributed by atoms with van der Waals surface area (Å²) in [5.41, 5.74) is 4.07. The maximum absolute atomic E-state index is 12.2. The SMILES string of the molecule is COC(=O)c1ccc2c(Nc3ccc(-c4cnn(C)c4)cc3OC)nn(C3CCCCO3)c2c1. The number of aromatic nitrogens is 4. The Morgan fingerprint density at radius 1 is 1.15 bits per heavy atom. The first-order chi connectivity index (χ1) is 16.6. The smallest absolute Gasteiger partial charge is 0.337 e. The van der Waals surface area contributed by atoms with Crippen molar-refractivity contribution in [1.82, 2.24) is 19.6 Å². The number of benzene rings is 2. The molecule has 0 bridgehead atoms. The molecule has 34 heavy (non-hydrogen) atoms. The van der Waals surface area contributed by atoms with Gasteiger partial charge < -0.3 is 19.5 Å². The fourth-order valence-corrected chi connectivity index (χ4v) is 4.28. The predicted molar refractivity (Wildman–Crippen MR) is 128 cm³/mol. The maximum Gasteiger partial charge on any atom is 0.337 e. The van der Waals surface area contributed by atoms with E-state index in [0.717, 1.165) is 47.0 Å². The third kappa shape index (κ3) is 4.10. The lowest BCUT2D eigenvalue weighted by Gasteiger charge is -2.23. The monoisotopic (exact) mass is 461 g/mol. The zero-order valence-corrected chi connectivity index (χ0v) is 19.4. The van der Waals surface area contributed by atoms with E-state index >= 15 is 0 Å². The van der Waals surface area contributed by atoms with Crippen molar-refractivity contribution in [3.8, 4) is 16.9 Å². The summed E-state index contributed by atoms with van der Waals surface area (Å²) in [5, 5.41) is 13.4. The van der Waals surface area contributed by atoms with Gasteiger partial charge in [0, 0.05) is 30.8 Å². The molecule has 4 aromatic rings. The molecule has 1 aliphatic rings. The molecule has 0 amide bonds. The Morgan fingerprint density at radius 3 is 2.74 bits per heavy atom. The van der Waals surface area contributed by atoms with Crippen molar-refractivity contribution in [3.63, 3.8) is 0 Å². The minimum absolute atomic E-state index is 0.186. The van der Waals surface area contributed by atoms with Crippen molar-refractivity contribution in [1.29, 1.82) is 0 Å². The molecule has 9 heteroatoms. The van der Waals surface area contributed by atoms with E-state index in [2.05, 4.69) is 10.4 Å². The molecule has 1 atom stereocenters. The number of esters is 1. The van der Waals surface area contributed by atoms with Gasteiger partial charge in [0.05, 0.1) is 37.2 Å². The number of hydrogen-bond donors (Lipinski definition) is 1. The zero-order valence-electron chi connectivity index (χ0n) is 19.4. The van der Waals surface area contributed by atoms with Crippen molar-refractivity contribution in [2.75, 3.05) is 26.1 Å². The number of aryl methyl sites for hydroxylation is 1. The second-order valence-corrected chi connectivity index (χ2v) is 8.28. The molecule has 3 heterocycles. The maximum atomic E-state index is 12.2. The molecule has 0 aliphatic carbocycles. The number of carbonyl (C=O) groups excluding carboxylic acids is 1. The van der Waals surface area contributed by atoms with Gasteiger partial charge in [-0.1, -0.05) is 6.07 Å². The molecule has 2 aromatic heterocycles.